The van der Waals surface area contributed by atoms with Crippen molar-refractivity contribution in [3.05, 3.63) is 29.3 Å². The molecule has 0 heterocycles. The van der Waals surface area contributed by atoms with Crippen LogP contribution in [0.3, 0.4) is 0 Å². The topological polar surface area (TPSA) is 69.6 Å². The average Bonchev–Trinajstić information content (AvgIpc) is 3.21. The summed E-state index contributed by atoms with van der Waals surface area (Å²) in [7, 11) is 0. The number of rotatable bonds is 5. The van der Waals surface area contributed by atoms with E-state index in [4.69, 9.17) is 5.11 Å². The van der Waals surface area contributed by atoms with Crippen molar-refractivity contribution in [3.8, 4) is 0 Å². The number of nitrogens with zero attached hydrogens (tertiary/aromatic N) is 1. The number of carbonyl (C=O) groups is 2. The van der Waals surface area contributed by atoms with Crippen molar-refractivity contribution in [3.63, 3.8) is 0 Å². The molecule has 2 N–H and O–H groups in total. The molecule has 0 bridgehead atoms. The molecule has 2 amide bonds. The third-order valence-electron chi connectivity index (χ3n) is 3.65. The molecule has 108 valence electrons. The Morgan fingerprint density at radius 2 is 2.10 bits per heavy atom. The molecular formula is C15H20N2O3. The molecule has 0 atom stereocenters. The fourth-order valence-electron chi connectivity index (χ4n) is 2.16. The molecule has 0 aliphatic heterocycles. The van der Waals surface area contributed by atoms with Crippen LogP contribution in [0.4, 0.5) is 10.5 Å². The summed E-state index contributed by atoms with van der Waals surface area (Å²) >= 11 is 0. The second-order valence-corrected chi connectivity index (χ2v) is 5.20. The summed E-state index contributed by atoms with van der Waals surface area (Å²) in [5.41, 5.74) is 1.35. The summed E-state index contributed by atoms with van der Waals surface area (Å²) in [6.45, 7) is 5.08. The van der Waals surface area contributed by atoms with E-state index in [-0.39, 0.29) is 11.6 Å². The average molecular weight is 276 g/mol. The Bertz CT molecular complexity index is 524. The predicted molar refractivity (Wildman–Crippen MR) is 77.1 cm³/mol. The van der Waals surface area contributed by atoms with Gasteiger partial charge in [-0.2, -0.15) is 0 Å². The lowest BCUT2D eigenvalue weighted by molar-refractivity contribution is 0.0696. The monoisotopic (exact) mass is 276 g/mol. The molecule has 1 aliphatic carbocycles. The van der Waals surface area contributed by atoms with Crippen LogP contribution in [0, 0.1) is 12.8 Å². The van der Waals surface area contributed by atoms with Crippen LogP contribution < -0.4 is 5.32 Å². The van der Waals surface area contributed by atoms with Gasteiger partial charge in [-0.3, -0.25) is 0 Å². The minimum absolute atomic E-state index is 0.162. The van der Waals surface area contributed by atoms with Crippen molar-refractivity contribution in [1.82, 2.24) is 4.90 Å². The quantitative estimate of drug-likeness (QED) is 0.868. The summed E-state index contributed by atoms with van der Waals surface area (Å²) in [6, 6.07) is 4.74. The minimum Gasteiger partial charge on any atom is -0.478 e. The van der Waals surface area contributed by atoms with E-state index in [0.29, 0.717) is 23.7 Å². The number of urea groups is 1. The molecule has 1 aromatic carbocycles. The van der Waals surface area contributed by atoms with Gasteiger partial charge in [-0.05, 0) is 50.3 Å². The first kappa shape index (κ1) is 14.4. The molecule has 1 fully saturated rings. The van der Waals surface area contributed by atoms with Crippen LogP contribution in [0.15, 0.2) is 18.2 Å². The smallest absolute Gasteiger partial charge is 0.336 e. The first-order valence-corrected chi connectivity index (χ1v) is 6.91. The molecule has 0 radical (unpaired) electrons. The van der Waals surface area contributed by atoms with Crippen molar-refractivity contribution in [2.24, 2.45) is 5.92 Å². The van der Waals surface area contributed by atoms with E-state index in [1.807, 2.05) is 6.92 Å². The standard InChI is InChI=1S/C15H20N2O3/c1-3-17(9-11-7-8-11)15(20)16-13-6-4-5-12(10(13)2)14(18)19/h4-6,11H,3,7-9H2,1-2H3,(H,16,20)(H,18,19). The first-order chi connectivity index (χ1) is 9.52. The number of carboxylic acid groups (broad SMARTS) is 1. The largest absolute Gasteiger partial charge is 0.478 e. The normalized spacial score (nSPS) is 13.9. The fourth-order valence-corrected chi connectivity index (χ4v) is 2.16. The Morgan fingerprint density at radius 1 is 1.40 bits per heavy atom. The lowest BCUT2D eigenvalue weighted by atomic mass is 10.1. The molecule has 0 saturated heterocycles. The van der Waals surface area contributed by atoms with E-state index in [1.165, 1.54) is 18.9 Å². The van der Waals surface area contributed by atoms with Crippen molar-refractivity contribution in [1.29, 1.82) is 0 Å². The maximum atomic E-state index is 12.2. The number of hydrogen-bond acceptors (Lipinski definition) is 2. The molecular weight excluding hydrogens is 256 g/mol. The summed E-state index contributed by atoms with van der Waals surface area (Å²) in [5, 5.41) is 11.9. The molecule has 0 aromatic heterocycles. The van der Waals surface area contributed by atoms with Gasteiger partial charge in [-0.1, -0.05) is 6.07 Å². The number of amides is 2. The minimum atomic E-state index is -0.982. The Hall–Kier alpha value is -2.04. The summed E-state index contributed by atoms with van der Waals surface area (Å²) in [5.74, 6) is -0.351. The summed E-state index contributed by atoms with van der Waals surface area (Å²) < 4.78 is 0. The van der Waals surface area contributed by atoms with Gasteiger partial charge >= 0.3 is 12.0 Å². The van der Waals surface area contributed by atoms with Gasteiger partial charge < -0.3 is 15.3 Å². The maximum absolute atomic E-state index is 12.2. The zero-order valence-corrected chi connectivity index (χ0v) is 11.8. The number of nitrogens with one attached hydrogen (secondary N) is 1. The lowest BCUT2D eigenvalue weighted by Crippen LogP contribution is -2.36. The zero-order valence-electron chi connectivity index (χ0n) is 11.8. The van der Waals surface area contributed by atoms with Gasteiger partial charge in [0, 0.05) is 18.8 Å². The van der Waals surface area contributed by atoms with Crippen LogP contribution >= 0.6 is 0 Å². The fraction of sp³-hybridized carbons (Fsp3) is 0.467. The maximum Gasteiger partial charge on any atom is 0.336 e. The Labute approximate surface area is 118 Å². The van der Waals surface area contributed by atoms with E-state index in [2.05, 4.69) is 5.32 Å². The predicted octanol–water partition coefficient (Wildman–Crippen LogP) is 2.96. The van der Waals surface area contributed by atoms with Gasteiger partial charge in [0.05, 0.1) is 5.56 Å². The summed E-state index contributed by atoms with van der Waals surface area (Å²) in [4.78, 5) is 25.1. The Balaban J connectivity index is 2.10. The number of aromatic carboxylic acids is 1. The summed E-state index contributed by atoms with van der Waals surface area (Å²) in [6.07, 6.45) is 2.38. The van der Waals surface area contributed by atoms with Gasteiger partial charge in [-0.25, -0.2) is 9.59 Å². The van der Waals surface area contributed by atoms with Gasteiger partial charge in [0.15, 0.2) is 0 Å². The first-order valence-electron chi connectivity index (χ1n) is 6.91. The number of benzene rings is 1. The molecule has 1 aliphatic rings. The lowest BCUT2D eigenvalue weighted by Gasteiger charge is -2.22. The third kappa shape index (κ3) is 3.29. The second kappa shape index (κ2) is 5.94. The third-order valence-corrected chi connectivity index (χ3v) is 3.65. The van der Waals surface area contributed by atoms with E-state index in [1.54, 1.807) is 24.0 Å². The second-order valence-electron chi connectivity index (χ2n) is 5.20. The molecule has 1 aromatic rings. The Morgan fingerprint density at radius 3 is 2.65 bits per heavy atom. The van der Waals surface area contributed by atoms with Crippen LogP contribution in [0.5, 0.6) is 0 Å². The molecule has 1 saturated carbocycles. The zero-order chi connectivity index (χ0) is 14.7. The molecule has 0 spiro atoms. The molecule has 5 nitrogen and oxygen atoms in total. The number of hydrogen-bond donors (Lipinski definition) is 2. The number of anilines is 1. The van der Waals surface area contributed by atoms with Crippen LogP contribution in [0.2, 0.25) is 0 Å². The molecule has 20 heavy (non-hydrogen) atoms. The van der Waals surface area contributed by atoms with E-state index in [9.17, 15) is 9.59 Å². The van der Waals surface area contributed by atoms with Gasteiger partial charge in [0.2, 0.25) is 0 Å². The van der Waals surface area contributed by atoms with Crippen LogP contribution in [0.25, 0.3) is 0 Å². The molecule has 0 unspecified atom stereocenters. The highest BCUT2D eigenvalue weighted by Gasteiger charge is 2.26. The number of carboxylic acids is 1. The molecule has 5 heteroatoms. The Kier molecular flexibility index (Phi) is 4.27. The van der Waals surface area contributed by atoms with Crippen LogP contribution in [-0.4, -0.2) is 35.1 Å². The van der Waals surface area contributed by atoms with Crippen molar-refractivity contribution in [2.45, 2.75) is 26.7 Å². The van der Waals surface area contributed by atoms with E-state index < -0.39 is 5.97 Å². The SMILES string of the molecule is CCN(CC1CC1)C(=O)Nc1cccc(C(=O)O)c1C. The highest BCUT2D eigenvalue weighted by Crippen LogP contribution is 2.30. The van der Waals surface area contributed by atoms with Crippen molar-refractivity contribution in [2.75, 3.05) is 18.4 Å². The van der Waals surface area contributed by atoms with E-state index >= 15 is 0 Å². The van der Waals surface area contributed by atoms with Crippen LogP contribution in [-0.2, 0) is 0 Å². The molecule has 2 rings (SSSR count). The van der Waals surface area contributed by atoms with E-state index in [0.717, 1.165) is 6.54 Å². The highest BCUT2D eigenvalue weighted by atomic mass is 16.4. The highest BCUT2D eigenvalue weighted by molar-refractivity contribution is 5.95. The van der Waals surface area contributed by atoms with Crippen molar-refractivity contribution >= 4 is 17.7 Å². The van der Waals surface area contributed by atoms with Crippen LogP contribution in [0.1, 0.15) is 35.7 Å². The number of carbonyl (C=O) groups excluding carboxylic acids is 1. The van der Waals surface area contributed by atoms with Crippen molar-refractivity contribution < 1.29 is 14.7 Å². The van der Waals surface area contributed by atoms with Gasteiger partial charge in [0.1, 0.15) is 0 Å². The van der Waals surface area contributed by atoms with Gasteiger partial charge in [-0.15, -0.1) is 0 Å². The van der Waals surface area contributed by atoms with Gasteiger partial charge in [0.25, 0.3) is 0 Å².